The molecule has 0 amide bonds. The third-order valence-corrected chi connectivity index (χ3v) is 6.07. The molecule has 0 aliphatic carbocycles. The fourth-order valence-corrected chi connectivity index (χ4v) is 4.40. The Hall–Kier alpha value is -3.66. The maximum atomic E-state index is 13.6. The summed E-state index contributed by atoms with van der Waals surface area (Å²) < 4.78 is 87.0. The Balaban J connectivity index is 1.78. The highest BCUT2D eigenvalue weighted by atomic mass is 32.1. The molecule has 0 N–H and O–H groups in total. The van der Waals surface area contributed by atoms with Crippen LogP contribution < -0.4 is 4.74 Å². The van der Waals surface area contributed by atoms with E-state index in [0.29, 0.717) is 34.7 Å². The van der Waals surface area contributed by atoms with Crippen LogP contribution in [0.25, 0.3) is 32.1 Å². The van der Waals surface area contributed by atoms with Crippen LogP contribution in [-0.2, 0) is 12.4 Å². The molecule has 5 rings (SSSR count). The van der Waals surface area contributed by atoms with Gasteiger partial charge in [-0.2, -0.15) is 26.3 Å². The average molecular weight is 490 g/mol. The first-order valence-electron chi connectivity index (χ1n) is 9.81. The molecule has 0 atom stereocenters. The summed E-state index contributed by atoms with van der Waals surface area (Å²) >= 11 is 1.38. The smallest absolute Gasteiger partial charge is 0.420 e. The number of benzene rings is 3. The largest absolute Gasteiger partial charge is 0.436 e. The van der Waals surface area contributed by atoms with Gasteiger partial charge in [0.25, 0.3) is 0 Å². The molecule has 0 unspecified atom stereocenters. The molecule has 0 fully saturated rings. The topological polar surface area (TPSA) is 35.0 Å². The summed E-state index contributed by atoms with van der Waals surface area (Å²) in [7, 11) is 0. The number of rotatable bonds is 3. The van der Waals surface area contributed by atoms with Gasteiger partial charge in [0, 0.05) is 10.8 Å². The Morgan fingerprint density at radius 3 is 1.85 bits per heavy atom. The third-order valence-electron chi connectivity index (χ3n) is 5.19. The van der Waals surface area contributed by atoms with Crippen molar-refractivity contribution < 1.29 is 31.1 Å². The Morgan fingerprint density at radius 2 is 1.29 bits per heavy atom. The number of halogens is 6. The van der Waals surface area contributed by atoms with Crippen molar-refractivity contribution >= 4 is 32.9 Å². The van der Waals surface area contributed by atoms with Crippen molar-refractivity contribution in [3.05, 3.63) is 83.2 Å². The molecular formula is C24H12F6N2OS. The average Bonchev–Trinajstić information content (AvgIpc) is 3.31. The lowest BCUT2D eigenvalue weighted by molar-refractivity contribution is -0.145. The molecule has 5 aromatic rings. The van der Waals surface area contributed by atoms with Gasteiger partial charge in [-0.3, -0.25) is 0 Å². The van der Waals surface area contributed by atoms with E-state index in [9.17, 15) is 26.3 Å². The van der Waals surface area contributed by atoms with Gasteiger partial charge in [-0.15, -0.1) is 21.5 Å². The molecule has 3 aromatic carbocycles. The number of aromatic nitrogens is 2. The second-order valence-corrected chi connectivity index (χ2v) is 8.30. The summed E-state index contributed by atoms with van der Waals surface area (Å²) in [5, 5.41) is 12.1. The minimum atomic E-state index is -5.08. The molecule has 34 heavy (non-hydrogen) atoms. The molecule has 172 valence electrons. The predicted octanol–water partition coefficient (Wildman–Crippen LogP) is 8.34. The maximum Gasteiger partial charge on any atom is 0.420 e. The van der Waals surface area contributed by atoms with Gasteiger partial charge >= 0.3 is 12.4 Å². The minimum absolute atomic E-state index is 0.238. The van der Waals surface area contributed by atoms with Crippen molar-refractivity contribution in [3.63, 3.8) is 0 Å². The molecule has 0 saturated heterocycles. The number of thiophene rings is 1. The second-order valence-electron chi connectivity index (χ2n) is 7.36. The van der Waals surface area contributed by atoms with Crippen LogP contribution in [0.1, 0.15) is 11.1 Å². The van der Waals surface area contributed by atoms with Gasteiger partial charge in [0.05, 0.1) is 16.0 Å². The highest BCUT2D eigenvalue weighted by molar-refractivity contribution is 7.13. The number of para-hydroxylation sites is 1. The minimum Gasteiger partial charge on any atom is -0.436 e. The zero-order valence-electron chi connectivity index (χ0n) is 16.9. The molecule has 3 nitrogen and oxygen atoms in total. The van der Waals surface area contributed by atoms with E-state index in [4.69, 9.17) is 4.74 Å². The van der Waals surface area contributed by atoms with Gasteiger partial charge in [-0.05, 0) is 46.5 Å². The zero-order chi connectivity index (χ0) is 24.1. The Bertz CT molecular complexity index is 1480. The summed E-state index contributed by atoms with van der Waals surface area (Å²) in [6, 6.07) is 15.9. The van der Waals surface area contributed by atoms with Crippen molar-refractivity contribution in [2.45, 2.75) is 12.4 Å². The lowest BCUT2D eigenvalue weighted by Crippen LogP contribution is -2.14. The standard InChI is InChI=1S/C24H12F6N2OS/c25-23(26,27)17-7-3-8-18(24(28,29)30)21(17)33-22-16-12-14-6-2-1-5-13(14)11-15(16)20(31-32-22)19-9-4-10-34-19/h1-12H. The van der Waals surface area contributed by atoms with Crippen LogP contribution in [0.4, 0.5) is 26.3 Å². The first kappa shape index (κ1) is 22.1. The number of ether oxygens (including phenoxy) is 1. The van der Waals surface area contributed by atoms with E-state index in [2.05, 4.69) is 10.2 Å². The fraction of sp³-hybridized carbons (Fsp3) is 0.0833. The number of alkyl halides is 6. The number of hydrogen-bond donors (Lipinski definition) is 0. The third kappa shape index (κ3) is 3.94. The Morgan fingerprint density at radius 1 is 0.676 bits per heavy atom. The van der Waals surface area contributed by atoms with Crippen molar-refractivity contribution in [2.24, 2.45) is 0 Å². The molecule has 2 heterocycles. The van der Waals surface area contributed by atoms with Gasteiger partial charge in [-0.1, -0.05) is 36.4 Å². The lowest BCUT2D eigenvalue weighted by atomic mass is 10.0. The van der Waals surface area contributed by atoms with E-state index in [1.165, 1.54) is 11.3 Å². The van der Waals surface area contributed by atoms with Crippen molar-refractivity contribution in [1.82, 2.24) is 10.2 Å². The monoisotopic (exact) mass is 490 g/mol. The quantitative estimate of drug-likeness (QED) is 0.188. The van der Waals surface area contributed by atoms with E-state index in [-0.39, 0.29) is 5.39 Å². The van der Waals surface area contributed by atoms with Crippen LogP contribution in [-0.4, -0.2) is 10.2 Å². The number of hydrogen-bond acceptors (Lipinski definition) is 4. The summed E-state index contributed by atoms with van der Waals surface area (Å²) in [4.78, 5) is 0.742. The van der Waals surface area contributed by atoms with E-state index < -0.39 is 35.1 Å². The van der Waals surface area contributed by atoms with Crippen molar-refractivity contribution in [1.29, 1.82) is 0 Å². The Kier molecular flexibility index (Phi) is 5.20. The molecule has 0 radical (unpaired) electrons. The lowest BCUT2D eigenvalue weighted by Gasteiger charge is -2.19. The summed E-state index contributed by atoms with van der Waals surface area (Å²) in [6.45, 7) is 0. The first-order chi connectivity index (χ1) is 16.1. The van der Waals surface area contributed by atoms with Gasteiger partial charge < -0.3 is 4.74 Å². The molecule has 10 heteroatoms. The highest BCUT2D eigenvalue weighted by Crippen LogP contribution is 2.46. The van der Waals surface area contributed by atoms with Crippen LogP contribution in [0.5, 0.6) is 11.6 Å². The molecule has 2 aromatic heterocycles. The van der Waals surface area contributed by atoms with E-state index >= 15 is 0 Å². The summed E-state index contributed by atoms with van der Waals surface area (Å²) in [5.41, 5.74) is -2.66. The number of fused-ring (bicyclic) bond motifs is 2. The van der Waals surface area contributed by atoms with Crippen LogP contribution >= 0.6 is 11.3 Å². The Labute approximate surface area is 192 Å². The molecule has 0 aliphatic heterocycles. The van der Waals surface area contributed by atoms with E-state index in [1.807, 2.05) is 17.5 Å². The second kappa shape index (κ2) is 7.98. The molecule has 0 saturated carbocycles. The van der Waals surface area contributed by atoms with E-state index in [0.717, 1.165) is 10.3 Å². The van der Waals surface area contributed by atoms with Crippen LogP contribution in [0.15, 0.2) is 72.1 Å². The van der Waals surface area contributed by atoms with Gasteiger partial charge in [0.1, 0.15) is 5.69 Å². The number of nitrogens with zero attached hydrogens (tertiary/aromatic N) is 2. The van der Waals surface area contributed by atoms with Gasteiger partial charge in [0.2, 0.25) is 5.88 Å². The van der Waals surface area contributed by atoms with Crippen molar-refractivity contribution in [2.75, 3.05) is 0 Å². The highest BCUT2D eigenvalue weighted by Gasteiger charge is 2.42. The molecular weight excluding hydrogens is 478 g/mol. The molecule has 0 aliphatic rings. The van der Waals surface area contributed by atoms with Crippen LogP contribution in [0.2, 0.25) is 0 Å². The molecule has 0 bridgehead atoms. The van der Waals surface area contributed by atoms with Crippen LogP contribution in [0, 0.1) is 0 Å². The summed E-state index contributed by atoms with van der Waals surface area (Å²) in [6.07, 6.45) is -10.2. The first-order valence-corrected chi connectivity index (χ1v) is 10.7. The maximum absolute atomic E-state index is 13.6. The van der Waals surface area contributed by atoms with Crippen molar-refractivity contribution in [3.8, 4) is 22.2 Å². The predicted molar refractivity (Wildman–Crippen MR) is 117 cm³/mol. The fourth-order valence-electron chi connectivity index (χ4n) is 3.68. The van der Waals surface area contributed by atoms with Gasteiger partial charge in [-0.25, -0.2) is 0 Å². The summed E-state index contributed by atoms with van der Waals surface area (Å²) in [5.74, 6) is -1.82. The zero-order valence-corrected chi connectivity index (χ0v) is 17.7. The normalized spacial score (nSPS) is 12.4. The van der Waals surface area contributed by atoms with Gasteiger partial charge in [0.15, 0.2) is 5.75 Å². The molecule has 0 spiro atoms. The van der Waals surface area contributed by atoms with E-state index in [1.54, 1.807) is 36.4 Å². The SMILES string of the molecule is FC(F)(F)c1cccc(C(F)(F)F)c1Oc1nnc(-c2cccs2)c2cc3ccccc3cc12. The van der Waals surface area contributed by atoms with Crippen LogP contribution in [0.3, 0.4) is 0 Å².